The summed E-state index contributed by atoms with van der Waals surface area (Å²) >= 11 is 0. The van der Waals surface area contributed by atoms with E-state index < -0.39 is 0 Å². The summed E-state index contributed by atoms with van der Waals surface area (Å²) in [6.45, 7) is 7.82. The van der Waals surface area contributed by atoms with Gasteiger partial charge in [0.15, 0.2) is 5.82 Å². The molecule has 0 amide bonds. The Morgan fingerprint density at radius 1 is 1.29 bits per heavy atom. The highest BCUT2D eigenvalue weighted by atomic mass is 16.5. The van der Waals surface area contributed by atoms with Crippen molar-refractivity contribution in [1.29, 1.82) is 0 Å². The molecule has 6 nitrogen and oxygen atoms in total. The number of tetrazole rings is 1. The summed E-state index contributed by atoms with van der Waals surface area (Å²) in [5, 5.41) is 15.4. The van der Waals surface area contributed by atoms with Gasteiger partial charge in [-0.3, -0.25) is 0 Å². The van der Waals surface area contributed by atoms with Crippen LogP contribution in [-0.4, -0.2) is 40.5 Å². The monoisotopic (exact) mass is 289 g/mol. The minimum Gasteiger partial charge on any atom is -0.383 e. The van der Waals surface area contributed by atoms with E-state index in [0.29, 0.717) is 12.5 Å². The molecule has 1 heterocycles. The molecule has 1 aromatic carbocycles. The number of nitrogens with one attached hydrogen (secondary N) is 1. The number of hydrogen-bond donors (Lipinski definition) is 1. The first kappa shape index (κ1) is 15.6. The molecule has 1 unspecified atom stereocenters. The first-order chi connectivity index (χ1) is 10.1. The van der Waals surface area contributed by atoms with Crippen molar-refractivity contribution in [1.82, 2.24) is 25.5 Å². The smallest absolute Gasteiger partial charge is 0.173 e. The number of rotatable bonds is 7. The third-order valence-corrected chi connectivity index (χ3v) is 3.42. The van der Waals surface area contributed by atoms with Gasteiger partial charge in [0.05, 0.1) is 18.3 Å². The van der Waals surface area contributed by atoms with Crippen LogP contribution in [0.25, 0.3) is 5.69 Å². The Morgan fingerprint density at radius 3 is 2.81 bits per heavy atom. The van der Waals surface area contributed by atoms with Crippen LogP contribution < -0.4 is 5.32 Å². The van der Waals surface area contributed by atoms with Gasteiger partial charge in [-0.2, -0.15) is 4.68 Å². The van der Waals surface area contributed by atoms with Gasteiger partial charge in [-0.05, 0) is 41.0 Å². The molecule has 114 valence electrons. The van der Waals surface area contributed by atoms with E-state index >= 15 is 0 Å². The average Bonchev–Trinajstić information content (AvgIpc) is 2.97. The average molecular weight is 289 g/mol. The third-order valence-electron chi connectivity index (χ3n) is 3.42. The van der Waals surface area contributed by atoms with Crippen LogP contribution in [0.2, 0.25) is 0 Å². The highest BCUT2D eigenvalue weighted by Gasteiger charge is 2.15. The van der Waals surface area contributed by atoms with Crippen LogP contribution in [0.4, 0.5) is 0 Å². The van der Waals surface area contributed by atoms with Crippen LogP contribution >= 0.6 is 0 Å². The van der Waals surface area contributed by atoms with Crippen LogP contribution in [0.1, 0.15) is 44.1 Å². The Hall–Kier alpha value is -1.79. The fraction of sp³-hybridized carbons (Fsp3) is 0.533. The number of ether oxygens (including phenoxy) is 1. The van der Waals surface area contributed by atoms with Crippen LogP contribution in [0.15, 0.2) is 24.3 Å². The molecule has 0 aliphatic carbocycles. The van der Waals surface area contributed by atoms with Crippen molar-refractivity contribution in [2.24, 2.45) is 0 Å². The zero-order valence-corrected chi connectivity index (χ0v) is 13.1. The van der Waals surface area contributed by atoms with Crippen molar-refractivity contribution >= 4 is 0 Å². The SMILES string of the molecule is COCCNC(C)c1nnnn1-c1cccc(C(C)C)c1. The minimum absolute atomic E-state index is 0.0536. The molecule has 0 aliphatic heterocycles. The fourth-order valence-corrected chi connectivity index (χ4v) is 2.13. The Bertz CT molecular complexity index is 567. The van der Waals surface area contributed by atoms with Crippen LogP contribution in [0, 0.1) is 0 Å². The second-order valence-electron chi connectivity index (χ2n) is 5.37. The summed E-state index contributed by atoms with van der Waals surface area (Å²) < 4.78 is 6.83. The molecule has 0 saturated heterocycles. The van der Waals surface area contributed by atoms with E-state index in [1.54, 1.807) is 11.8 Å². The molecule has 0 fully saturated rings. The number of methoxy groups -OCH3 is 1. The molecule has 21 heavy (non-hydrogen) atoms. The summed E-state index contributed by atoms with van der Waals surface area (Å²) in [6, 6.07) is 8.37. The lowest BCUT2D eigenvalue weighted by molar-refractivity contribution is 0.196. The molecule has 0 spiro atoms. The minimum atomic E-state index is 0.0536. The highest BCUT2D eigenvalue weighted by molar-refractivity contribution is 5.37. The van der Waals surface area contributed by atoms with Crippen LogP contribution in [0.3, 0.4) is 0 Å². The Morgan fingerprint density at radius 2 is 2.10 bits per heavy atom. The van der Waals surface area contributed by atoms with E-state index in [9.17, 15) is 0 Å². The predicted octanol–water partition coefficient (Wildman–Crippen LogP) is 2.08. The standard InChI is InChI=1S/C15H23N5O/c1-11(2)13-6-5-7-14(10-13)20-15(17-18-19-20)12(3)16-8-9-21-4/h5-7,10-12,16H,8-9H2,1-4H3. The lowest BCUT2D eigenvalue weighted by atomic mass is 10.0. The molecule has 2 aromatic rings. The molecule has 2 rings (SSSR count). The number of aromatic nitrogens is 4. The first-order valence-corrected chi connectivity index (χ1v) is 7.24. The maximum absolute atomic E-state index is 5.05. The fourth-order valence-electron chi connectivity index (χ4n) is 2.13. The topological polar surface area (TPSA) is 64.9 Å². The normalized spacial score (nSPS) is 12.8. The quantitative estimate of drug-likeness (QED) is 0.791. The van der Waals surface area contributed by atoms with Crippen molar-refractivity contribution < 1.29 is 4.74 Å². The van der Waals surface area contributed by atoms with Gasteiger partial charge in [0.25, 0.3) is 0 Å². The second kappa shape index (κ2) is 7.28. The molecule has 0 aliphatic rings. The zero-order valence-electron chi connectivity index (χ0n) is 13.1. The lowest BCUT2D eigenvalue weighted by Crippen LogP contribution is -2.25. The molecular weight excluding hydrogens is 266 g/mol. The van der Waals surface area contributed by atoms with Gasteiger partial charge < -0.3 is 10.1 Å². The summed E-state index contributed by atoms with van der Waals surface area (Å²) in [6.07, 6.45) is 0. The molecule has 1 aromatic heterocycles. The predicted molar refractivity (Wildman–Crippen MR) is 81.5 cm³/mol. The van der Waals surface area contributed by atoms with Gasteiger partial charge in [-0.15, -0.1) is 5.10 Å². The van der Waals surface area contributed by atoms with E-state index in [-0.39, 0.29) is 6.04 Å². The lowest BCUT2D eigenvalue weighted by Gasteiger charge is -2.14. The molecule has 0 saturated carbocycles. The van der Waals surface area contributed by atoms with Crippen molar-refractivity contribution in [3.05, 3.63) is 35.7 Å². The van der Waals surface area contributed by atoms with Gasteiger partial charge in [0.2, 0.25) is 0 Å². The largest absolute Gasteiger partial charge is 0.383 e. The Balaban J connectivity index is 2.21. The summed E-state index contributed by atoms with van der Waals surface area (Å²) in [5.74, 6) is 1.27. The van der Waals surface area contributed by atoms with Crippen molar-refractivity contribution in [3.63, 3.8) is 0 Å². The van der Waals surface area contributed by atoms with E-state index in [0.717, 1.165) is 18.1 Å². The van der Waals surface area contributed by atoms with Crippen molar-refractivity contribution in [3.8, 4) is 5.69 Å². The molecule has 0 radical (unpaired) electrons. The maximum atomic E-state index is 5.05. The van der Waals surface area contributed by atoms with E-state index in [1.807, 2.05) is 19.1 Å². The molecule has 0 bridgehead atoms. The molecule has 6 heteroatoms. The van der Waals surface area contributed by atoms with Crippen LogP contribution in [0.5, 0.6) is 0 Å². The van der Waals surface area contributed by atoms with Crippen LogP contribution in [-0.2, 0) is 4.74 Å². The molecule has 1 atom stereocenters. The number of hydrogen-bond acceptors (Lipinski definition) is 5. The first-order valence-electron chi connectivity index (χ1n) is 7.24. The molecular formula is C15H23N5O. The molecule has 1 N–H and O–H groups in total. The Labute approximate surface area is 125 Å². The highest BCUT2D eigenvalue weighted by Crippen LogP contribution is 2.19. The van der Waals surface area contributed by atoms with Gasteiger partial charge in [0.1, 0.15) is 0 Å². The van der Waals surface area contributed by atoms with E-state index in [4.69, 9.17) is 4.74 Å². The third kappa shape index (κ3) is 3.86. The number of nitrogens with zero attached hydrogens (tertiary/aromatic N) is 4. The van der Waals surface area contributed by atoms with Gasteiger partial charge in [-0.1, -0.05) is 26.0 Å². The van der Waals surface area contributed by atoms with Crippen molar-refractivity contribution in [2.75, 3.05) is 20.3 Å². The summed E-state index contributed by atoms with van der Waals surface area (Å²) in [5.41, 5.74) is 2.26. The van der Waals surface area contributed by atoms with E-state index in [2.05, 4.69) is 46.8 Å². The van der Waals surface area contributed by atoms with Gasteiger partial charge >= 0.3 is 0 Å². The Kier molecular flexibility index (Phi) is 5.41. The zero-order chi connectivity index (χ0) is 15.2. The second-order valence-corrected chi connectivity index (χ2v) is 5.37. The van der Waals surface area contributed by atoms with E-state index in [1.165, 1.54) is 5.56 Å². The summed E-state index contributed by atoms with van der Waals surface area (Å²) in [4.78, 5) is 0. The number of benzene rings is 1. The van der Waals surface area contributed by atoms with Crippen molar-refractivity contribution in [2.45, 2.75) is 32.7 Å². The van der Waals surface area contributed by atoms with Gasteiger partial charge in [0, 0.05) is 13.7 Å². The summed E-state index contributed by atoms with van der Waals surface area (Å²) in [7, 11) is 1.69. The van der Waals surface area contributed by atoms with Gasteiger partial charge in [-0.25, -0.2) is 0 Å². The maximum Gasteiger partial charge on any atom is 0.173 e.